The number of imidazole rings is 1. The van der Waals surface area contributed by atoms with Crippen molar-refractivity contribution in [3.05, 3.63) is 18.2 Å². The highest BCUT2D eigenvalue weighted by molar-refractivity contribution is 5.02. The molecule has 13 heavy (non-hydrogen) atoms. The molecule has 0 saturated carbocycles. The molecule has 1 atom stereocenters. The minimum absolute atomic E-state index is 0.0784. The van der Waals surface area contributed by atoms with Gasteiger partial charge in [-0.15, -0.1) is 0 Å². The molecule has 0 fully saturated rings. The third-order valence-corrected chi connectivity index (χ3v) is 2.16. The van der Waals surface area contributed by atoms with Gasteiger partial charge < -0.3 is 10.3 Å². The smallest absolute Gasteiger partial charge is 0.0948 e. The van der Waals surface area contributed by atoms with Crippen LogP contribution in [0.25, 0.3) is 0 Å². The minimum atomic E-state index is 0.0784. The quantitative estimate of drug-likeness (QED) is 0.771. The molecule has 0 aliphatic rings. The SMILES string of the molecule is CC(C)CCn1cncc1[C@H](C)N. The first-order valence-corrected chi connectivity index (χ1v) is 4.87. The molecule has 0 radical (unpaired) electrons. The third-order valence-electron chi connectivity index (χ3n) is 2.16. The summed E-state index contributed by atoms with van der Waals surface area (Å²) in [7, 11) is 0. The first-order valence-electron chi connectivity index (χ1n) is 4.87. The van der Waals surface area contributed by atoms with Gasteiger partial charge in [0.15, 0.2) is 0 Å². The second kappa shape index (κ2) is 4.42. The standard InChI is InChI=1S/C10H19N3/c1-8(2)4-5-13-7-12-6-10(13)9(3)11/h6-9H,4-5,11H2,1-3H3/t9-/m0/s1. The third kappa shape index (κ3) is 2.84. The molecule has 0 saturated heterocycles. The number of rotatable bonds is 4. The topological polar surface area (TPSA) is 43.8 Å². The Kier molecular flexibility index (Phi) is 3.48. The summed E-state index contributed by atoms with van der Waals surface area (Å²) in [6, 6.07) is 0.0784. The maximum atomic E-state index is 5.80. The molecule has 1 rings (SSSR count). The van der Waals surface area contributed by atoms with E-state index in [1.807, 2.05) is 19.4 Å². The lowest BCUT2D eigenvalue weighted by molar-refractivity contribution is 0.500. The fourth-order valence-electron chi connectivity index (χ4n) is 1.29. The van der Waals surface area contributed by atoms with E-state index >= 15 is 0 Å². The fourth-order valence-corrected chi connectivity index (χ4v) is 1.29. The Labute approximate surface area is 80.0 Å². The highest BCUT2D eigenvalue weighted by Gasteiger charge is 2.06. The molecular weight excluding hydrogens is 162 g/mol. The zero-order valence-electron chi connectivity index (χ0n) is 8.70. The summed E-state index contributed by atoms with van der Waals surface area (Å²) in [6.45, 7) is 7.46. The summed E-state index contributed by atoms with van der Waals surface area (Å²) >= 11 is 0. The fraction of sp³-hybridized carbons (Fsp3) is 0.700. The van der Waals surface area contributed by atoms with Crippen LogP contribution in [0.5, 0.6) is 0 Å². The predicted octanol–water partition coefficient (Wildman–Crippen LogP) is 1.95. The molecule has 3 heteroatoms. The molecule has 1 heterocycles. The molecule has 1 aromatic heterocycles. The molecule has 74 valence electrons. The molecule has 0 unspecified atom stereocenters. The van der Waals surface area contributed by atoms with Gasteiger partial charge in [-0.05, 0) is 19.3 Å². The molecule has 1 aromatic rings. The van der Waals surface area contributed by atoms with Gasteiger partial charge in [0, 0.05) is 18.8 Å². The zero-order valence-corrected chi connectivity index (χ0v) is 8.70. The molecule has 0 bridgehead atoms. The number of aryl methyl sites for hydroxylation is 1. The Morgan fingerprint density at radius 3 is 2.69 bits per heavy atom. The Morgan fingerprint density at radius 2 is 2.15 bits per heavy atom. The van der Waals surface area contributed by atoms with Gasteiger partial charge in [0.05, 0.1) is 12.0 Å². The van der Waals surface area contributed by atoms with Gasteiger partial charge in [-0.2, -0.15) is 0 Å². The average Bonchev–Trinajstić information content (AvgIpc) is 2.47. The van der Waals surface area contributed by atoms with Crippen LogP contribution in [0, 0.1) is 5.92 Å². The van der Waals surface area contributed by atoms with E-state index in [1.165, 1.54) is 6.42 Å². The molecule has 3 nitrogen and oxygen atoms in total. The van der Waals surface area contributed by atoms with E-state index in [1.54, 1.807) is 0 Å². The summed E-state index contributed by atoms with van der Waals surface area (Å²) in [6.07, 6.45) is 4.89. The average molecular weight is 181 g/mol. The van der Waals surface area contributed by atoms with Crippen molar-refractivity contribution in [3.8, 4) is 0 Å². The number of nitrogens with zero attached hydrogens (tertiary/aromatic N) is 2. The largest absolute Gasteiger partial charge is 0.333 e. The number of hydrogen-bond acceptors (Lipinski definition) is 2. The van der Waals surface area contributed by atoms with E-state index in [0.29, 0.717) is 0 Å². The first-order chi connectivity index (χ1) is 6.11. The summed E-state index contributed by atoms with van der Waals surface area (Å²) in [5, 5.41) is 0. The highest BCUT2D eigenvalue weighted by Crippen LogP contribution is 2.11. The lowest BCUT2D eigenvalue weighted by atomic mass is 10.1. The van der Waals surface area contributed by atoms with Gasteiger partial charge in [0.2, 0.25) is 0 Å². The predicted molar refractivity (Wildman–Crippen MR) is 54.3 cm³/mol. The van der Waals surface area contributed by atoms with Crippen molar-refractivity contribution in [3.63, 3.8) is 0 Å². The second-order valence-corrected chi connectivity index (χ2v) is 3.98. The normalized spacial score (nSPS) is 13.6. The van der Waals surface area contributed by atoms with Crippen molar-refractivity contribution in [2.75, 3.05) is 0 Å². The van der Waals surface area contributed by atoms with Gasteiger partial charge >= 0.3 is 0 Å². The van der Waals surface area contributed by atoms with Crippen LogP contribution in [0.2, 0.25) is 0 Å². The second-order valence-electron chi connectivity index (χ2n) is 3.98. The molecule has 0 aliphatic carbocycles. The van der Waals surface area contributed by atoms with E-state index in [-0.39, 0.29) is 6.04 Å². The van der Waals surface area contributed by atoms with Crippen LogP contribution in [0.15, 0.2) is 12.5 Å². The summed E-state index contributed by atoms with van der Waals surface area (Å²) in [5.41, 5.74) is 6.93. The molecule has 0 aromatic carbocycles. The number of nitrogens with two attached hydrogens (primary N) is 1. The number of hydrogen-bond donors (Lipinski definition) is 1. The lowest BCUT2D eigenvalue weighted by Gasteiger charge is -2.11. The lowest BCUT2D eigenvalue weighted by Crippen LogP contribution is -2.12. The van der Waals surface area contributed by atoms with Crippen LogP contribution < -0.4 is 5.73 Å². The Bertz CT molecular complexity index is 250. The van der Waals surface area contributed by atoms with Crippen LogP contribution in [0.4, 0.5) is 0 Å². The van der Waals surface area contributed by atoms with Crippen LogP contribution in [0.3, 0.4) is 0 Å². The Balaban J connectivity index is 2.60. The van der Waals surface area contributed by atoms with Crippen molar-refractivity contribution in [1.29, 1.82) is 0 Å². The minimum Gasteiger partial charge on any atom is -0.333 e. The van der Waals surface area contributed by atoms with Crippen molar-refractivity contribution >= 4 is 0 Å². The zero-order chi connectivity index (χ0) is 9.84. The van der Waals surface area contributed by atoms with E-state index in [0.717, 1.165) is 18.2 Å². The van der Waals surface area contributed by atoms with Gasteiger partial charge in [-0.3, -0.25) is 0 Å². The molecule has 0 spiro atoms. The summed E-state index contributed by atoms with van der Waals surface area (Å²) in [5.74, 6) is 0.725. The van der Waals surface area contributed by atoms with Gasteiger partial charge in [0.25, 0.3) is 0 Å². The van der Waals surface area contributed by atoms with Gasteiger partial charge in [-0.1, -0.05) is 13.8 Å². The van der Waals surface area contributed by atoms with Gasteiger partial charge in [0.1, 0.15) is 0 Å². The maximum Gasteiger partial charge on any atom is 0.0948 e. The van der Waals surface area contributed by atoms with E-state index in [9.17, 15) is 0 Å². The first kappa shape index (κ1) is 10.3. The summed E-state index contributed by atoms with van der Waals surface area (Å²) < 4.78 is 2.14. The molecule has 2 N–H and O–H groups in total. The van der Waals surface area contributed by atoms with Gasteiger partial charge in [-0.25, -0.2) is 4.98 Å². The Hall–Kier alpha value is -0.830. The van der Waals surface area contributed by atoms with Crippen molar-refractivity contribution in [1.82, 2.24) is 9.55 Å². The van der Waals surface area contributed by atoms with E-state index < -0.39 is 0 Å². The molecular formula is C10H19N3. The number of aromatic nitrogens is 2. The maximum absolute atomic E-state index is 5.80. The molecule has 0 amide bonds. The molecule has 0 aliphatic heterocycles. The Morgan fingerprint density at radius 1 is 1.46 bits per heavy atom. The van der Waals surface area contributed by atoms with Crippen LogP contribution in [-0.2, 0) is 6.54 Å². The highest BCUT2D eigenvalue weighted by atomic mass is 15.1. The van der Waals surface area contributed by atoms with Crippen molar-refractivity contribution < 1.29 is 0 Å². The summed E-state index contributed by atoms with van der Waals surface area (Å²) in [4.78, 5) is 4.10. The van der Waals surface area contributed by atoms with Crippen molar-refractivity contribution in [2.24, 2.45) is 11.7 Å². The van der Waals surface area contributed by atoms with Crippen molar-refractivity contribution in [2.45, 2.75) is 39.8 Å². The monoisotopic (exact) mass is 181 g/mol. The van der Waals surface area contributed by atoms with Crippen LogP contribution in [-0.4, -0.2) is 9.55 Å². The van der Waals surface area contributed by atoms with Crippen LogP contribution >= 0.6 is 0 Å². The van der Waals surface area contributed by atoms with E-state index in [4.69, 9.17) is 5.73 Å². The van der Waals surface area contributed by atoms with E-state index in [2.05, 4.69) is 23.4 Å². The van der Waals surface area contributed by atoms with Crippen LogP contribution in [0.1, 0.15) is 38.9 Å².